The van der Waals surface area contributed by atoms with E-state index in [-0.39, 0.29) is 5.54 Å². The largest absolute Gasteiger partial charge is 0.381 e. The zero-order chi connectivity index (χ0) is 10.4. The Hall–Kier alpha value is -0.120. The van der Waals surface area contributed by atoms with Crippen LogP contribution in [0, 0.1) is 0 Å². The van der Waals surface area contributed by atoms with Crippen LogP contribution in [0.2, 0.25) is 0 Å². The minimum Gasteiger partial charge on any atom is -0.381 e. The van der Waals surface area contributed by atoms with E-state index in [1.54, 1.807) is 0 Å². The Labute approximate surface area is 87.6 Å². The Balaban J connectivity index is 1.97. The third-order valence-corrected chi connectivity index (χ3v) is 2.43. The molecule has 1 aliphatic heterocycles. The number of hydrogen-bond donors (Lipinski definition) is 2. The van der Waals surface area contributed by atoms with Crippen LogP contribution in [0.4, 0.5) is 0 Å². The normalized spacial score (nSPS) is 19.9. The standard InChI is InChI=1S/C11H24N2O/c1-11(2,3)13-7-6-12-10-4-8-14-9-5-10/h10,12-13H,4-9H2,1-3H3. The molecule has 0 aromatic rings. The van der Waals surface area contributed by atoms with Crippen molar-refractivity contribution in [3.63, 3.8) is 0 Å². The highest BCUT2D eigenvalue weighted by molar-refractivity contribution is 4.73. The van der Waals surface area contributed by atoms with Crippen LogP contribution in [0.1, 0.15) is 33.6 Å². The predicted molar refractivity (Wildman–Crippen MR) is 59.6 cm³/mol. The van der Waals surface area contributed by atoms with E-state index < -0.39 is 0 Å². The molecule has 0 bridgehead atoms. The van der Waals surface area contributed by atoms with Crippen LogP contribution < -0.4 is 10.6 Å². The zero-order valence-corrected chi connectivity index (χ0v) is 9.73. The van der Waals surface area contributed by atoms with E-state index in [4.69, 9.17) is 4.74 Å². The molecule has 1 aliphatic rings. The molecular weight excluding hydrogens is 176 g/mol. The summed E-state index contributed by atoms with van der Waals surface area (Å²) in [5, 5.41) is 7.02. The molecule has 14 heavy (non-hydrogen) atoms. The van der Waals surface area contributed by atoms with E-state index in [0.29, 0.717) is 6.04 Å². The molecule has 3 nitrogen and oxygen atoms in total. The molecule has 0 spiro atoms. The van der Waals surface area contributed by atoms with Crippen molar-refractivity contribution in [2.24, 2.45) is 0 Å². The van der Waals surface area contributed by atoms with Gasteiger partial charge in [-0.15, -0.1) is 0 Å². The van der Waals surface area contributed by atoms with Crippen LogP contribution >= 0.6 is 0 Å². The van der Waals surface area contributed by atoms with Gasteiger partial charge in [0.05, 0.1) is 0 Å². The van der Waals surface area contributed by atoms with Crippen molar-refractivity contribution < 1.29 is 4.74 Å². The van der Waals surface area contributed by atoms with Crippen molar-refractivity contribution in [2.75, 3.05) is 26.3 Å². The number of rotatable bonds is 4. The number of nitrogens with one attached hydrogen (secondary N) is 2. The van der Waals surface area contributed by atoms with Crippen molar-refractivity contribution in [3.8, 4) is 0 Å². The quantitative estimate of drug-likeness (QED) is 0.668. The van der Waals surface area contributed by atoms with Crippen LogP contribution in [-0.4, -0.2) is 37.9 Å². The first kappa shape index (κ1) is 12.0. The number of ether oxygens (including phenoxy) is 1. The Morgan fingerprint density at radius 1 is 1.14 bits per heavy atom. The monoisotopic (exact) mass is 200 g/mol. The molecule has 1 heterocycles. The molecule has 0 aromatic carbocycles. The molecule has 0 atom stereocenters. The van der Waals surface area contributed by atoms with Gasteiger partial charge in [-0.2, -0.15) is 0 Å². The SMILES string of the molecule is CC(C)(C)NCCNC1CCOCC1. The lowest BCUT2D eigenvalue weighted by Crippen LogP contribution is -2.43. The fraction of sp³-hybridized carbons (Fsp3) is 1.00. The maximum absolute atomic E-state index is 5.30. The molecule has 1 fully saturated rings. The Morgan fingerprint density at radius 2 is 1.79 bits per heavy atom. The summed E-state index contributed by atoms with van der Waals surface area (Å²) in [6.45, 7) is 10.5. The third-order valence-electron chi connectivity index (χ3n) is 2.43. The second-order valence-corrected chi connectivity index (χ2v) is 5.02. The average molecular weight is 200 g/mol. The van der Waals surface area contributed by atoms with Gasteiger partial charge in [0.2, 0.25) is 0 Å². The maximum Gasteiger partial charge on any atom is 0.0480 e. The molecule has 2 N–H and O–H groups in total. The number of hydrogen-bond acceptors (Lipinski definition) is 3. The molecule has 84 valence electrons. The zero-order valence-electron chi connectivity index (χ0n) is 9.73. The van der Waals surface area contributed by atoms with Gasteiger partial charge in [-0.1, -0.05) is 0 Å². The van der Waals surface area contributed by atoms with Crippen molar-refractivity contribution in [1.29, 1.82) is 0 Å². The van der Waals surface area contributed by atoms with E-state index in [9.17, 15) is 0 Å². The molecule has 0 unspecified atom stereocenters. The summed E-state index contributed by atoms with van der Waals surface area (Å²) in [5.74, 6) is 0. The van der Waals surface area contributed by atoms with Crippen molar-refractivity contribution in [3.05, 3.63) is 0 Å². The van der Waals surface area contributed by atoms with Crippen molar-refractivity contribution in [1.82, 2.24) is 10.6 Å². The van der Waals surface area contributed by atoms with Gasteiger partial charge in [0.15, 0.2) is 0 Å². The van der Waals surface area contributed by atoms with Crippen molar-refractivity contribution in [2.45, 2.75) is 45.2 Å². The molecule has 0 aliphatic carbocycles. The summed E-state index contributed by atoms with van der Waals surface area (Å²) in [6, 6.07) is 0.672. The Morgan fingerprint density at radius 3 is 2.36 bits per heavy atom. The van der Waals surface area contributed by atoms with Gasteiger partial charge < -0.3 is 15.4 Å². The fourth-order valence-corrected chi connectivity index (χ4v) is 1.62. The molecule has 1 saturated heterocycles. The lowest BCUT2D eigenvalue weighted by molar-refractivity contribution is 0.0780. The molecular formula is C11H24N2O. The van der Waals surface area contributed by atoms with Gasteiger partial charge in [-0.05, 0) is 33.6 Å². The van der Waals surface area contributed by atoms with E-state index in [2.05, 4.69) is 31.4 Å². The van der Waals surface area contributed by atoms with Gasteiger partial charge in [0.25, 0.3) is 0 Å². The van der Waals surface area contributed by atoms with E-state index in [1.807, 2.05) is 0 Å². The second-order valence-electron chi connectivity index (χ2n) is 5.02. The third kappa shape index (κ3) is 5.58. The fourth-order valence-electron chi connectivity index (χ4n) is 1.62. The Bertz CT molecular complexity index is 148. The van der Waals surface area contributed by atoms with Crippen molar-refractivity contribution >= 4 is 0 Å². The van der Waals surface area contributed by atoms with Gasteiger partial charge in [-0.25, -0.2) is 0 Å². The predicted octanol–water partition coefficient (Wildman–Crippen LogP) is 1.14. The lowest BCUT2D eigenvalue weighted by Gasteiger charge is -2.25. The summed E-state index contributed by atoms with van der Waals surface area (Å²) in [5.41, 5.74) is 0.233. The van der Waals surface area contributed by atoms with E-state index in [0.717, 1.165) is 39.1 Å². The highest BCUT2D eigenvalue weighted by Gasteiger charge is 2.13. The summed E-state index contributed by atoms with van der Waals surface area (Å²) in [7, 11) is 0. The maximum atomic E-state index is 5.30. The van der Waals surface area contributed by atoms with E-state index in [1.165, 1.54) is 0 Å². The molecule has 0 radical (unpaired) electrons. The minimum atomic E-state index is 0.233. The lowest BCUT2D eigenvalue weighted by atomic mass is 10.1. The van der Waals surface area contributed by atoms with Crippen LogP contribution in [0.15, 0.2) is 0 Å². The smallest absolute Gasteiger partial charge is 0.0480 e. The van der Waals surface area contributed by atoms with Gasteiger partial charge in [0, 0.05) is 37.9 Å². The van der Waals surface area contributed by atoms with Crippen LogP contribution in [0.3, 0.4) is 0 Å². The van der Waals surface area contributed by atoms with Crippen LogP contribution in [-0.2, 0) is 4.74 Å². The summed E-state index contributed by atoms with van der Waals surface area (Å²) in [6.07, 6.45) is 2.32. The van der Waals surface area contributed by atoms with Gasteiger partial charge in [0.1, 0.15) is 0 Å². The highest BCUT2D eigenvalue weighted by Crippen LogP contribution is 2.05. The highest BCUT2D eigenvalue weighted by atomic mass is 16.5. The molecule has 3 heteroatoms. The molecule has 0 aromatic heterocycles. The molecule has 0 amide bonds. The molecule has 1 rings (SSSR count). The van der Waals surface area contributed by atoms with Gasteiger partial charge in [-0.3, -0.25) is 0 Å². The summed E-state index contributed by atoms with van der Waals surface area (Å²) < 4.78 is 5.30. The average Bonchev–Trinajstić information content (AvgIpc) is 2.13. The topological polar surface area (TPSA) is 33.3 Å². The second kappa shape index (κ2) is 5.69. The summed E-state index contributed by atoms with van der Waals surface area (Å²) >= 11 is 0. The Kier molecular flexibility index (Phi) is 4.85. The van der Waals surface area contributed by atoms with E-state index >= 15 is 0 Å². The van der Waals surface area contributed by atoms with Crippen LogP contribution in [0.25, 0.3) is 0 Å². The first-order valence-electron chi connectivity index (χ1n) is 5.64. The van der Waals surface area contributed by atoms with Gasteiger partial charge >= 0.3 is 0 Å². The van der Waals surface area contributed by atoms with Crippen LogP contribution in [0.5, 0.6) is 0 Å². The minimum absolute atomic E-state index is 0.233. The first-order chi connectivity index (χ1) is 6.58. The summed E-state index contributed by atoms with van der Waals surface area (Å²) in [4.78, 5) is 0. The first-order valence-corrected chi connectivity index (χ1v) is 5.64. The molecule has 0 saturated carbocycles.